The van der Waals surface area contributed by atoms with Gasteiger partial charge in [-0.2, -0.15) is 4.98 Å². The third kappa shape index (κ3) is 4.21. The summed E-state index contributed by atoms with van der Waals surface area (Å²) in [6.07, 6.45) is 3.30. The van der Waals surface area contributed by atoms with Crippen LogP contribution in [0.4, 0.5) is 5.69 Å². The van der Waals surface area contributed by atoms with Crippen LogP contribution < -0.4 is 5.32 Å². The lowest BCUT2D eigenvalue weighted by Crippen LogP contribution is -2.18. The van der Waals surface area contributed by atoms with E-state index in [0.29, 0.717) is 11.7 Å². The summed E-state index contributed by atoms with van der Waals surface area (Å²) in [5.74, 6) is 0.522. The van der Waals surface area contributed by atoms with Gasteiger partial charge in [-0.15, -0.1) is 0 Å². The van der Waals surface area contributed by atoms with Crippen LogP contribution in [0.1, 0.15) is 5.89 Å². The zero-order valence-corrected chi connectivity index (χ0v) is 12.2. The minimum absolute atomic E-state index is 0.0697. The van der Waals surface area contributed by atoms with E-state index < -0.39 is 0 Å². The molecule has 3 aromatic rings. The number of rotatable bonds is 6. The molecule has 0 aliphatic carbocycles. The van der Waals surface area contributed by atoms with Crippen LogP contribution in [0.3, 0.4) is 0 Å². The van der Waals surface area contributed by atoms with Gasteiger partial charge in [-0.1, -0.05) is 23.4 Å². The Kier molecular flexibility index (Phi) is 4.70. The molecule has 0 saturated carbocycles. The highest BCUT2D eigenvalue weighted by molar-refractivity contribution is 5.91. The first-order valence-electron chi connectivity index (χ1n) is 6.97. The summed E-state index contributed by atoms with van der Waals surface area (Å²) in [4.78, 5) is 19.8. The van der Waals surface area contributed by atoms with Gasteiger partial charge in [0.15, 0.2) is 0 Å². The minimum Gasteiger partial charge on any atom is -0.362 e. The van der Waals surface area contributed by atoms with Crippen LogP contribution in [0.25, 0.3) is 11.4 Å². The average Bonchev–Trinajstić information content (AvgIpc) is 3.05. The number of ether oxygens (including phenoxy) is 1. The third-order valence-electron chi connectivity index (χ3n) is 2.92. The molecule has 23 heavy (non-hydrogen) atoms. The van der Waals surface area contributed by atoms with Crippen LogP contribution in [-0.4, -0.2) is 27.6 Å². The highest BCUT2D eigenvalue weighted by atomic mass is 16.5. The van der Waals surface area contributed by atoms with E-state index in [2.05, 4.69) is 20.4 Å². The van der Waals surface area contributed by atoms with E-state index >= 15 is 0 Å². The van der Waals surface area contributed by atoms with Gasteiger partial charge in [-0.3, -0.25) is 9.78 Å². The van der Waals surface area contributed by atoms with E-state index in [0.717, 1.165) is 11.3 Å². The van der Waals surface area contributed by atoms with Gasteiger partial charge in [-0.25, -0.2) is 0 Å². The maximum atomic E-state index is 11.7. The van der Waals surface area contributed by atoms with E-state index in [1.807, 2.05) is 18.2 Å². The van der Waals surface area contributed by atoms with Crippen molar-refractivity contribution < 1.29 is 14.1 Å². The predicted octanol–water partition coefficient (Wildman–Crippen LogP) is 2.29. The van der Waals surface area contributed by atoms with Gasteiger partial charge in [0.25, 0.3) is 5.89 Å². The molecule has 0 unspecified atom stereocenters. The third-order valence-corrected chi connectivity index (χ3v) is 2.92. The predicted molar refractivity (Wildman–Crippen MR) is 82.3 cm³/mol. The van der Waals surface area contributed by atoms with Gasteiger partial charge < -0.3 is 14.6 Å². The average molecular weight is 310 g/mol. The Morgan fingerprint density at radius 2 is 1.91 bits per heavy atom. The van der Waals surface area contributed by atoms with Crippen molar-refractivity contribution in [3.8, 4) is 11.4 Å². The first kappa shape index (κ1) is 14.9. The molecule has 0 atom stereocenters. The Hall–Kier alpha value is -3.06. The number of para-hydroxylation sites is 1. The molecule has 0 aliphatic rings. The molecule has 7 nitrogen and oxygen atoms in total. The normalized spacial score (nSPS) is 10.4. The van der Waals surface area contributed by atoms with Gasteiger partial charge in [0, 0.05) is 23.6 Å². The van der Waals surface area contributed by atoms with E-state index in [1.54, 1.807) is 36.7 Å². The number of anilines is 1. The number of pyridine rings is 1. The number of carbonyl (C=O) groups excluding carboxylic acids is 1. The Labute approximate surface area is 132 Å². The van der Waals surface area contributed by atoms with E-state index in [-0.39, 0.29) is 19.1 Å². The quantitative estimate of drug-likeness (QED) is 0.751. The van der Waals surface area contributed by atoms with Gasteiger partial charge in [-0.05, 0) is 24.3 Å². The van der Waals surface area contributed by atoms with Crippen molar-refractivity contribution in [1.29, 1.82) is 0 Å². The van der Waals surface area contributed by atoms with Crippen molar-refractivity contribution in [1.82, 2.24) is 15.1 Å². The number of aromatic nitrogens is 3. The summed E-state index contributed by atoms with van der Waals surface area (Å²) >= 11 is 0. The number of nitrogens with zero attached hydrogens (tertiary/aromatic N) is 3. The van der Waals surface area contributed by atoms with E-state index in [1.165, 1.54) is 0 Å². The second-order valence-corrected chi connectivity index (χ2v) is 4.65. The molecule has 0 bridgehead atoms. The van der Waals surface area contributed by atoms with Crippen LogP contribution in [-0.2, 0) is 16.1 Å². The zero-order chi connectivity index (χ0) is 15.9. The molecular formula is C16H14N4O3. The van der Waals surface area contributed by atoms with Crippen molar-refractivity contribution in [3.63, 3.8) is 0 Å². The second kappa shape index (κ2) is 7.28. The summed E-state index contributed by atoms with van der Waals surface area (Å²) < 4.78 is 10.4. The standard InChI is InChI=1S/C16H14N4O3/c21-14(18-13-4-2-1-3-5-13)10-22-11-15-19-16(20-23-15)12-6-8-17-9-7-12/h1-9H,10-11H2,(H,18,21). The molecule has 1 aromatic carbocycles. The van der Waals surface area contributed by atoms with Crippen molar-refractivity contribution in [2.45, 2.75) is 6.61 Å². The molecule has 1 N–H and O–H groups in total. The number of amides is 1. The van der Waals surface area contributed by atoms with Crippen LogP contribution in [0.5, 0.6) is 0 Å². The maximum Gasteiger partial charge on any atom is 0.252 e. The van der Waals surface area contributed by atoms with Crippen molar-refractivity contribution in [2.75, 3.05) is 11.9 Å². The summed E-state index contributed by atoms with van der Waals surface area (Å²) in [5.41, 5.74) is 1.52. The molecule has 0 aliphatic heterocycles. The number of hydrogen-bond donors (Lipinski definition) is 1. The molecule has 2 aromatic heterocycles. The van der Waals surface area contributed by atoms with Crippen molar-refractivity contribution in [3.05, 3.63) is 60.7 Å². The monoisotopic (exact) mass is 310 g/mol. The molecule has 2 heterocycles. The van der Waals surface area contributed by atoms with Gasteiger partial charge in [0.05, 0.1) is 0 Å². The number of carbonyl (C=O) groups is 1. The molecule has 0 spiro atoms. The highest BCUT2D eigenvalue weighted by Gasteiger charge is 2.09. The van der Waals surface area contributed by atoms with Crippen molar-refractivity contribution >= 4 is 11.6 Å². The fourth-order valence-electron chi connectivity index (χ4n) is 1.88. The number of hydrogen-bond acceptors (Lipinski definition) is 6. The van der Waals surface area contributed by atoms with Crippen molar-refractivity contribution in [2.24, 2.45) is 0 Å². The lowest BCUT2D eigenvalue weighted by Gasteiger charge is -2.04. The van der Waals surface area contributed by atoms with Gasteiger partial charge >= 0.3 is 0 Å². The van der Waals surface area contributed by atoms with Gasteiger partial charge in [0.2, 0.25) is 11.7 Å². The van der Waals surface area contributed by atoms with Crippen LogP contribution in [0, 0.1) is 0 Å². The Morgan fingerprint density at radius 3 is 2.70 bits per heavy atom. The number of nitrogens with one attached hydrogen (secondary N) is 1. The summed E-state index contributed by atoms with van der Waals surface area (Å²) in [7, 11) is 0. The SMILES string of the molecule is O=C(COCc1nc(-c2ccncc2)no1)Nc1ccccc1. The second-order valence-electron chi connectivity index (χ2n) is 4.65. The maximum absolute atomic E-state index is 11.7. The minimum atomic E-state index is -0.245. The fourth-order valence-corrected chi connectivity index (χ4v) is 1.88. The summed E-state index contributed by atoms with van der Waals surface area (Å²) in [5, 5.41) is 6.58. The topological polar surface area (TPSA) is 90.1 Å². The molecule has 0 saturated heterocycles. The molecule has 0 fully saturated rings. The van der Waals surface area contributed by atoms with E-state index in [9.17, 15) is 4.79 Å². The summed E-state index contributed by atoms with van der Waals surface area (Å²) in [6, 6.07) is 12.7. The molecule has 3 rings (SSSR count). The highest BCUT2D eigenvalue weighted by Crippen LogP contribution is 2.14. The Bertz CT molecular complexity index is 759. The largest absolute Gasteiger partial charge is 0.362 e. The molecule has 0 radical (unpaired) electrons. The lowest BCUT2D eigenvalue weighted by molar-refractivity contribution is -0.121. The molecule has 116 valence electrons. The van der Waals surface area contributed by atoms with Crippen LogP contribution >= 0.6 is 0 Å². The lowest BCUT2D eigenvalue weighted by atomic mass is 10.2. The molecular weight excluding hydrogens is 296 g/mol. The first-order chi connectivity index (χ1) is 11.3. The number of benzene rings is 1. The first-order valence-corrected chi connectivity index (χ1v) is 6.97. The van der Waals surface area contributed by atoms with Gasteiger partial charge in [0.1, 0.15) is 13.2 Å². The smallest absolute Gasteiger partial charge is 0.252 e. The molecule has 7 heteroatoms. The molecule has 1 amide bonds. The Morgan fingerprint density at radius 1 is 1.13 bits per heavy atom. The summed E-state index contributed by atoms with van der Waals surface area (Å²) in [6.45, 7) is -0.0256. The van der Waals surface area contributed by atoms with Crippen LogP contribution in [0.2, 0.25) is 0 Å². The Balaban J connectivity index is 1.48. The fraction of sp³-hybridized carbons (Fsp3) is 0.125. The zero-order valence-electron chi connectivity index (χ0n) is 12.2. The van der Waals surface area contributed by atoms with E-state index in [4.69, 9.17) is 9.26 Å². The van der Waals surface area contributed by atoms with Crippen LogP contribution in [0.15, 0.2) is 59.4 Å².